The Kier molecular flexibility index (Phi) is 4.98. The molecule has 0 fully saturated rings. The Bertz CT molecular complexity index is 332. The summed E-state index contributed by atoms with van der Waals surface area (Å²) in [7, 11) is 0. The van der Waals surface area contributed by atoms with Crippen molar-refractivity contribution in [3.63, 3.8) is 0 Å². The van der Waals surface area contributed by atoms with Gasteiger partial charge in [-0.25, -0.2) is 0 Å². The highest BCUT2D eigenvalue weighted by atomic mass is 19.3. The van der Waals surface area contributed by atoms with E-state index in [2.05, 4.69) is 4.74 Å². The van der Waals surface area contributed by atoms with E-state index < -0.39 is 6.61 Å². The molecule has 0 amide bonds. The fourth-order valence-corrected chi connectivity index (χ4v) is 1.18. The Hall–Kier alpha value is -1.36. The maximum atomic E-state index is 12.0. The number of rotatable bonds is 6. The highest BCUT2D eigenvalue weighted by Crippen LogP contribution is 2.25. The summed E-state index contributed by atoms with van der Waals surface area (Å²) in [6, 6.07) is 4.62. The first kappa shape index (κ1) is 12.7. The zero-order valence-electron chi connectivity index (χ0n) is 9.08. The van der Waals surface area contributed by atoms with Gasteiger partial charge in [-0.1, -0.05) is 6.07 Å². The molecule has 0 radical (unpaired) electrons. The molecular formula is C11H15F2NO2. The Labute approximate surface area is 93.2 Å². The quantitative estimate of drug-likeness (QED) is 0.764. The second-order valence-electron chi connectivity index (χ2n) is 3.30. The van der Waals surface area contributed by atoms with E-state index in [0.29, 0.717) is 18.9 Å². The van der Waals surface area contributed by atoms with Crippen molar-refractivity contribution in [2.45, 2.75) is 20.0 Å². The van der Waals surface area contributed by atoms with Crippen LogP contribution in [0.5, 0.6) is 11.5 Å². The van der Waals surface area contributed by atoms with Crippen LogP contribution in [0.25, 0.3) is 0 Å². The largest absolute Gasteiger partial charge is 0.493 e. The first-order chi connectivity index (χ1) is 7.63. The molecule has 0 heterocycles. The van der Waals surface area contributed by atoms with Gasteiger partial charge in [-0.2, -0.15) is 8.78 Å². The molecule has 90 valence electrons. The Morgan fingerprint density at radius 3 is 2.75 bits per heavy atom. The Morgan fingerprint density at radius 2 is 2.12 bits per heavy atom. The number of hydrogen-bond donors (Lipinski definition) is 1. The number of hydrogen-bond acceptors (Lipinski definition) is 3. The lowest BCUT2D eigenvalue weighted by atomic mass is 10.2. The summed E-state index contributed by atoms with van der Waals surface area (Å²) in [5, 5.41) is 0. The third-order valence-corrected chi connectivity index (χ3v) is 1.99. The van der Waals surface area contributed by atoms with Crippen LogP contribution >= 0.6 is 0 Å². The lowest BCUT2D eigenvalue weighted by Crippen LogP contribution is -2.07. The van der Waals surface area contributed by atoms with Gasteiger partial charge in [0.05, 0.1) is 6.61 Å². The van der Waals surface area contributed by atoms with Crippen molar-refractivity contribution < 1.29 is 18.3 Å². The second kappa shape index (κ2) is 6.27. The lowest BCUT2D eigenvalue weighted by Gasteiger charge is -2.11. The molecule has 0 spiro atoms. The molecule has 0 saturated carbocycles. The number of halogens is 2. The van der Waals surface area contributed by atoms with E-state index in [1.54, 1.807) is 6.07 Å². The zero-order valence-corrected chi connectivity index (χ0v) is 9.08. The predicted molar refractivity (Wildman–Crippen MR) is 57.0 cm³/mol. The normalized spacial score (nSPS) is 10.6. The van der Waals surface area contributed by atoms with Crippen molar-refractivity contribution in [2.75, 3.05) is 13.2 Å². The standard InChI is InChI=1S/C11H15F2NO2/c1-8-3-4-9(16-11(12)13)7-10(8)15-6-2-5-14/h3-4,7,11H,2,5-6,14H2,1H3. The molecule has 0 aliphatic heterocycles. The number of benzene rings is 1. The zero-order chi connectivity index (χ0) is 12.0. The highest BCUT2D eigenvalue weighted by molar-refractivity contribution is 5.39. The van der Waals surface area contributed by atoms with Gasteiger partial charge in [-0.15, -0.1) is 0 Å². The summed E-state index contributed by atoms with van der Waals surface area (Å²) in [6.45, 7) is 0.0191. The molecule has 3 nitrogen and oxygen atoms in total. The number of alkyl halides is 2. The summed E-state index contributed by atoms with van der Waals surface area (Å²) in [5.41, 5.74) is 6.20. The number of nitrogens with two attached hydrogens (primary N) is 1. The first-order valence-corrected chi connectivity index (χ1v) is 5.02. The van der Waals surface area contributed by atoms with E-state index in [4.69, 9.17) is 10.5 Å². The van der Waals surface area contributed by atoms with Gasteiger partial charge in [0.25, 0.3) is 0 Å². The third kappa shape index (κ3) is 4.02. The van der Waals surface area contributed by atoms with Gasteiger partial charge in [0.1, 0.15) is 11.5 Å². The predicted octanol–water partition coefficient (Wildman–Crippen LogP) is 2.32. The molecule has 5 heteroatoms. The maximum absolute atomic E-state index is 12.0. The van der Waals surface area contributed by atoms with Crippen LogP contribution in [-0.4, -0.2) is 19.8 Å². The third-order valence-electron chi connectivity index (χ3n) is 1.99. The van der Waals surface area contributed by atoms with Gasteiger partial charge < -0.3 is 15.2 Å². The van der Waals surface area contributed by atoms with E-state index in [1.807, 2.05) is 6.92 Å². The summed E-state index contributed by atoms with van der Waals surface area (Å²) in [4.78, 5) is 0. The minimum absolute atomic E-state index is 0.100. The molecule has 0 aromatic heterocycles. The topological polar surface area (TPSA) is 44.5 Å². The van der Waals surface area contributed by atoms with E-state index >= 15 is 0 Å². The average molecular weight is 231 g/mol. The molecule has 1 aromatic carbocycles. The Morgan fingerprint density at radius 1 is 1.38 bits per heavy atom. The monoisotopic (exact) mass is 231 g/mol. The summed E-state index contributed by atoms with van der Waals surface area (Å²) < 4.78 is 33.6. The molecule has 0 saturated heterocycles. The van der Waals surface area contributed by atoms with Crippen molar-refractivity contribution in [1.29, 1.82) is 0 Å². The SMILES string of the molecule is Cc1ccc(OC(F)F)cc1OCCCN. The lowest BCUT2D eigenvalue weighted by molar-refractivity contribution is -0.0499. The summed E-state index contributed by atoms with van der Waals surface area (Å²) >= 11 is 0. The molecule has 2 N–H and O–H groups in total. The van der Waals surface area contributed by atoms with Crippen molar-refractivity contribution in [3.05, 3.63) is 23.8 Å². The summed E-state index contributed by atoms with van der Waals surface area (Å²) in [6.07, 6.45) is 0.722. The van der Waals surface area contributed by atoms with Crippen LogP contribution < -0.4 is 15.2 Å². The van der Waals surface area contributed by atoms with Gasteiger partial charge in [-0.3, -0.25) is 0 Å². The van der Waals surface area contributed by atoms with Gasteiger partial charge in [0, 0.05) is 6.07 Å². The van der Waals surface area contributed by atoms with Crippen LogP contribution in [0.15, 0.2) is 18.2 Å². The molecule has 0 aliphatic carbocycles. The van der Waals surface area contributed by atoms with Gasteiger partial charge in [-0.05, 0) is 31.5 Å². The minimum Gasteiger partial charge on any atom is -0.493 e. The number of aryl methyl sites for hydroxylation is 1. The van der Waals surface area contributed by atoms with E-state index in [0.717, 1.165) is 12.0 Å². The maximum Gasteiger partial charge on any atom is 0.387 e. The average Bonchev–Trinajstić information content (AvgIpc) is 2.22. The molecule has 0 aliphatic rings. The molecule has 0 atom stereocenters. The summed E-state index contributed by atoms with van der Waals surface area (Å²) in [5.74, 6) is 0.648. The van der Waals surface area contributed by atoms with Crippen LogP contribution in [-0.2, 0) is 0 Å². The fourth-order valence-electron chi connectivity index (χ4n) is 1.18. The van der Waals surface area contributed by atoms with E-state index in [-0.39, 0.29) is 5.75 Å². The van der Waals surface area contributed by atoms with E-state index in [1.165, 1.54) is 12.1 Å². The van der Waals surface area contributed by atoms with Crippen molar-refractivity contribution in [1.82, 2.24) is 0 Å². The molecule has 1 rings (SSSR count). The molecule has 0 unspecified atom stereocenters. The smallest absolute Gasteiger partial charge is 0.387 e. The van der Waals surface area contributed by atoms with Crippen LogP contribution in [0.3, 0.4) is 0 Å². The van der Waals surface area contributed by atoms with Crippen LogP contribution in [0.4, 0.5) is 8.78 Å². The van der Waals surface area contributed by atoms with Gasteiger partial charge >= 0.3 is 6.61 Å². The minimum atomic E-state index is -2.82. The van der Waals surface area contributed by atoms with Gasteiger partial charge in [0.15, 0.2) is 0 Å². The van der Waals surface area contributed by atoms with Crippen molar-refractivity contribution in [3.8, 4) is 11.5 Å². The van der Waals surface area contributed by atoms with Crippen LogP contribution in [0.1, 0.15) is 12.0 Å². The second-order valence-corrected chi connectivity index (χ2v) is 3.30. The van der Waals surface area contributed by atoms with Crippen LogP contribution in [0, 0.1) is 6.92 Å². The van der Waals surface area contributed by atoms with Gasteiger partial charge in [0.2, 0.25) is 0 Å². The van der Waals surface area contributed by atoms with Crippen molar-refractivity contribution in [2.24, 2.45) is 5.73 Å². The first-order valence-electron chi connectivity index (χ1n) is 5.02. The fraction of sp³-hybridized carbons (Fsp3) is 0.455. The van der Waals surface area contributed by atoms with Crippen molar-refractivity contribution >= 4 is 0 Å². The Balaban J connectivity index is 2.66. The molecule has 1 aromatic rings. The molecular weight excluding hydrogens is 216 g/mol. The highest BCUT2D eigenvalue weighted by Gasteiger charge is 2.07. The number of ether oxygens (including phenoxy) is 2. The van der Waals surface area contributed by atoms with Crippen LogP contribution in [0.2, 0.25) is 0 Å². The molecule has 0 bridgehead atoms. The van der Waals surface area contributed by atoms with E-state index in [9.17, 15) is 8.78 Å². The molecule has 16 heavy (non-hydrogen) atoms.